The zero-order chi connectivity index (χ0) is 14.8. The topological polar surface area (TPSA) is 55.6 Å². The lowest BCUT2D eigenvalue weighted by Gasteiger charge is -2.29. The smallest absolute Gasteiger partial charge is 0.227 e. The van der Waals surface area contributed by atoms with E-state index in [1.54, 1.807) is 7.11 Å². The molecule has 2 aromatic carbocycles. The molecule has 0 atom stereocenters. The van der Waals surface area contributed by atoms with Crippen molar-refractivity contribution < 1.29 is 9.53 Å². The van der Waals surface area contributed by atoms with E-state index in [0.29, 0.717) is 24.4 Å². The van der Waals surface area contributed by atoms with Crippen molar-refractivity contribution in [1.29, 1.82) is 0 Å². The second-order valence-electron chi connectivity index (χ2n) is 5.18. The Labute approximate surface area is 124 Å². The highest BCUT2D eigenvalue weighted by Gasteiger charge is 2.23. The van der Waals surface area contributed by atoms with Gasteiger partial charge in [-0.1, -0.05) is 24.3 Å². The maximum atomic E-state index is 12.2. The number of benzene rings is 2. The average Bonchev–Trinajstić information content (AvgIpc) is 2.50. The number of anilines is 2. The van der Waals surface area contributed by atoms with Crippen LogP contribution in [0.4, 0.5) is 11.4 Å². The van der Waals surface area contributed by atoms with Crippen molar-refractivity contribution >= 4 is 17.3 Å². The van der Waals surface area contributed by atoms with E-state index in [2.05, 4.69) is 6.07 Å². The molecule has 0 fully saturated rings. The zero-order valence-electron chi connectivity index (χ0n) is 12.0. The van der Waals surface area contributed by atoms with E-state index in [1.165, 1.54) is 5.56 Å². The maximum Gasteiger partial charge on any atom is 0.227 e. The number of hydrogen-bond acceptors (Lipinski definition) is 3. The van der Waals surface area contributed by atoms with Gasteiger partial charge in [-0.2, -0.15) is 0 Å². The molecule has 0 bridgehead atoms. The lowest BCUT2D eigenvalue weighted by atomic mass is 10.0. The van der Waals surface area contributed by atoms with Crippen molar-refractivity contribution in [3.8, 4) is 5.75 Å². The van der Waals surface area contributed by atoms with Gasteiger partial charge in [0, 0.05) is 12.1 Å². The fourth-order valence-corrected chi connectivity index (χ4v) is 2.73. The highest BCUT2D eigenvalue weighted by atomic mass is 16.5. The molecule has 0 saturated heterocycles. The first kappa shape index (κ1) is 13.5. The monoisotopic (exact) mass is 282 g/mol. The standard InChI is InChI=1S/C17H18N2O2/c1-21-16-8-6-12(10-14(16)18)11-19-15-5-3-2-4-13(15)7-9-17(19)20/h2-6,8,10H,7,9,11,18H2,1H3. The number of fused-ring (bicyclic) bond motifs is 1. The summed E-state index contributed by atoms with van der Waals surface area (Å²) in [5.41, 5.74) is 9.75. The third-order valence-corrected chi connectivity index (χ3v) is 3.83. The van der Waals surface area contributed by atoms with E-state index in [9.17, 15) is 4.79 Å². The predicted molar refractivity (Wildman–Crippen MR) is 83.4 cm³/mol. The fraction of sp³-hybridized carbons (Fsp3) is 0.235. The first-order valence-electron chi connectivity index (χ1n) is 6.99. The molecule has 108 valence electrons. The molecule has 21 heavy (non-hydrogen) atoms. The molecule has 3 rings (SSSR count). The van der Waals surface area contributed by atoms with Gasteiger partial charge in [-0.3, -0.25) is 4.79 Å². The molecule has 0 saturated carbocycles. The van der Waals surface area contributed by atoms with E-state index >= 15 is 0 Å². The number of amides is 1. The van der Waals surface area contributed by atoms with Gasteiger partial charge in [0.15, 0.2) is 0 Å². The molecule has 0 unspecified atom stereocenters. The number of nitrogens with two attached hydrogens (primary N) is 1. The Kier molecular flexibility index (Phi) is 3.52. The zero-order valence-corrected chi connectivity index (χ0v) is 12.0. The summed E-state index contributed by atoms with van der Waals surface area (Å²) >= 11 is 0. The molecule has 0 aliphatic carbocycles. The molecule has 1 aliphatic rings. The summed E-state index contributed by atoms with van der Waals surface area (Å²) in [7, 11) is 1.59. The minimum atomic E-state index is 0.156. The third-order valence-electron chi connectivity index (χ3n) is 3.83. The number of nitrogens with zero attached hydrogens (tertiary/aromatic N) is 1. The van der Waals surface area contributed by atoms with Crippen LogP contribution < -0.4 is 15.4 Å². The SMILES string of the molecule is COc1ccc(CN2C(=O)CCc3ccccc32)cc1N. The van der Waals surface area contributed by atoms with Gasteiger partial charge in [-0.25, -0.2) is 0 Å². The molecule has 0 spiro atoms. The summed E-state index contributed by atoms with van der Waals surface area (Å²) in [4.78, 5) is 14.1. The number of carbonyl (C=O) groups is 1. The van der Waals surface area contributed by atoms with Crippen LogP contribution in [0, 0.1) is 0 Å². The van der Waals surface area contributed by atoms with Gasteiger partial charge in [0.1, 0.15) is 5.75 Å². The summed E-state index contributed by atoms with van der Waals surface area (Å²) in [6.07, 6.45) is 1.37. The number of nitrogen functional groups attached to an aromatic ring is 1. The molecule has 2 aromatic rings. The summed E-state index contributed by atoms with van der Waals surface area (Å²) in [6.45, 7) is 0.532. The molecule has 1 aliphatic heterocycles. The van der Waals surface area contributed by atoms with E-state index in [0.717, 1.165) is 17.7 Å². The molecular formula is C17H18N2O2. The summed E-state index contributed by atoms with van der Waals surface area (Å²) in [6, 6.07) is 13.7. The number of ether oxygens (including phenoxy) is 1. The normalized spacial score (nSPS) is 14.0. The van der Waals surface area contributed by atoms with E-state index in [-0.39, 0.29) is 5.91 Å². The molecule has 2 N–H and O–H groups in total. The van der Waals surface area contributed by atoms with Crippen LogP contribution >= 0.6 is 0 Å². The molecule has 1 amide bonds. The van der Waals surface area contributed by atoms with Gasteiger partial charge >= 0.3 is 0 Å². The van der Waals surface area contributed by atoms with Crippen molar-refractivity contribution in [2.75, 3.05) is 17.7 Å². The second-order valence-corrected chi connectivity index (χ2v) is 5.18. The van der Waals surface area contributed by atoms with Gasteiger partial charge in [0.25, 0.3) is 0 Å². The minimum absolute atomic E-state index is 0.156. The number of methoxy groups -OCH3 is 1. The van der Waals surface area contributed by atoms with Crippen molar-refractivity contribution in [2.24, 2.45) is 0 Å². The first-order chi connectivity index (χ1) is 10.2. The molecule has 4 heteroatoms. The third kappa shape index (κ3) is 2.57. The number of carbonyl (C=O) groups excluding carboxylic acids is 1. The molecule has 4 nitrogen and oxygen atoms in total. The van der Waals surface area contributed by atoms with Crippen LogP contribution in [0.3, 0.4) is 0 Å². The summed E-state index contributed by atoms with van der Waals surface area (Å²) < 4.78 is 5.16. The van der Waals surface area contributed by atoms with Gasteiger partial charge in [0.2, 0.25) is 5.91 Å². The van der Waals surface area contributed by atoms with Crippen LogP contribution in [0.2, 0.25) is 0 Å². The van der Waals surface area contributed by atoms with E-state index in [1.807, 2.05) is 41.3 Å². The van der Waals surface area contributed by atoms with E-state index in [4.69, 9.17) is 10.5 Å². The minimum Gasteiger partial charge on any atom is -0.495 e. The van der Waals surface area contributed by atoms with Crippen molar-refractivity contribution in [3.05, 3.63) is 53.6 Å². The number of aryl methyl sites for hydroxylation is 1. The van der Waals surface area contributed by atoms with Crippen molar-refractivity contribution in [3.63, 3.8) is 0 Å². The Hall–Kier alpha value is -2.49. The average molecular weight is 282 g/mol. The lowest BCUT2D eigenvalue weighted by molar-refractivity contribution is -0.119. The lowest BCUT2D eigenvalue weighted by Crippen LogP contribution is -2.34. The van der Waals surface area contributed by atoms with Crippen LogP contribution in [0.5, 0.6) is 5.75 Å². The van der Waals surface area contributed by atoms with Crippen LogP contribution in [0.15, 0.2) is 42.5 Å². The highest BCUT2D eigenvalue weighted by molar-refractivity contribution is 5.96. The van der Waals surface area contributed by atoms with E-state index < -0.39 is 0 Å². The molecule has 0 radical (unpaired) electrons. The van der Waals surface area contributed by atoms with Crippen LogP contribution in [0.25, 0.3) is 0 Å². The Bertz CT molecular complexity index is 682. The van der Waals surface area contributed by atoms with Gasteiger partial charge in [-0.05, 0) is 35.7 Å². The Morgan fingerprint density at radius 1 is 1.19 bits per heavy atom. The van der Waals surface area contributed by atoms with Crippen molar-refractivity contribution in [1.82, 2.24) is 0 Å². The van der Waals surface area contributed by atoms with Gasteiger partial charge < -0.3 is 15.4 Å². The van der Waals surface area contributed by atoms with Crippen LogP contribution in [-0.4, -0.2) is 13.0 Å². The number of para-hydroxylation sites is 1. The van der Waals surface area contributed by atoms with Gasteiger partial charge in [-0.15, -0.1) is 0 Å². The quantitative estimate of drug-likeness (QED) is 0.881. The molecule has 0 aromatic heterocycles. The second kappa shape index (κ2) is 5.48. The fourth-order valence-electron chi connectivity index (χ4n) is 2.73. The highest BCUT2D eigenvalue weighted by Crippen LogP contribution is 2.30. The van der Waals surface area contributed by atoms with Crippen molar-refractivity contribution in [2.45, 2.75) is 19.4 Å². The molecular weight excluding hydrogens is 264 g/mol. The Balaban J connectivity index is 1.90. The largest absolute Gasteiger partial charge is 0.495 e. The predicted octanol–water partition coefficient (Wildman–Crippen LogP) is 2.76. The number of hydrogen-bond donors (Lipinski definition) is 1. The Morgan fingerprint density at radius 2 is 2.00 bits per heavy atom. The van der Waals surface area contributed by atoms with Gasteiger partial charge in [0.05, 0.1) is 19.3 Å². The first-order valence-corrected chi connectivity index (χ1v) is 6.99. The van der Waals surface area contributed by atoms with Crippen LogP contribution in [0.1, 0.15) is 17.5 Å². The Morgan fingerprint density at radius 3 is 2.76 bits per heavy atom. The summed E-state index contributed by atoms with van der Waals surface area (Å²) in [5.74, 6) is 0.812. The summed E-state index contributed by atoms with van der Waals surface area (Å²) in [5, 5.41) is 0. The van der Waals surface area contributed by atoms with Crippen LogP contribution in [-0.2, 0) is 17.8 Å². The maximum absolute atomic E-state index is 12.2. The number of rotatable bonds is 3. The molecule has 1 heterocycles.